The quantitative estimate of drug-likeness (QED) is 0.488. The second-order valence-corrected chi connectivity index (χ2v) is 7.28. The molecule has 31 heavy (non-hydrogen) atoms. The number of hydrogen-bond donors (Lipinski definition) is 0. The number of benzene rings is 2. The molecule has 0 N–H and O–H groups in total. The summed E-state index contributed by atoms with van der Waals surface area (Å²) >= 11 is 0. The fourth-order valence-corrected chi connectivity index (χ4v) is 3.26. The van der Waals surface area contributed by atoms with Crippen LogP contribution in [-0.2, 0) is 17.8 Å². The van der Waals surface area contributed by atoms with Crippen LogP contribution < -0.4 is 9.47 Å². The number of rotatable bonds is 10. The molecule has 1 aromatic heterocycles. The van der Waals surface area contributed by atoms with Gasteiger partial charge in [-0.2, -0.15) is 0 Å². The first-order valence-electron chi connectivity index (χ1n) is 10.2. The highest BCUT2D eigenvalue weighted by atomic mass is 16.5. The van der Waals surface area contributed by atoms with E-state index in [2.05, 4.69) is 4.98 Å². The van der Waals surface area contributed by atoms with E-state index in [1.54, 1.807) is 50.9 Å². The van der Waals surface area contributed by atoms with Crippen molar-refractivity contribution in [3.63, 3.8) is 0 Å². The van der Waals surface area contributed by atoms with Crippen LogP contribution in [0, 0.1) is 0 Å². The summed E-state index contributed by atoms with van der Waals surface area (Å²) in [5.74, 6) is 1.41. The van der Waals surface area contributed by atoms with E-state index < -0.39 is 0 Å². The van der Waals surface area contributed by atoms with Gasteiger partial charge in [-0.05, 0) is 66.6 Å². The zero-order valence-corrected chi connectivity index (χ0v) is 18.2. The zero-order valence-electron chi connectivity index (χ0n) is 18.2. The molecular weight excluding hydrogens is 392 g/mol. The van der Waals surface area contributed by atoms with Crippen molar-refractivity contribution in [2.75, 3.05) is 20.8 Å². The fraction of sp³-hybridized carbons (Fsp3) is 0.280. The van der Waals surface area contributed by atoms with Gasteiger partial charge in [-0.3, -0.25) is 9.78 Å². The molecule has 2 aromatic carbocycles. The standard InChI is InChI=1S/C25H28N2O4/c1-19(18-29-2)31-24-6-4-5-21(15-24)17-27(16-20-11-13-26-14-12-20)25(28)22-7-9-23(30-3)10-8-22/h4-15,19H,16-18H2,1-3H3/t19-/m1/s1. The minimum atomic E-state index is -0.0610. The van der Waals surface area contributed by atoms with Gasteiger partial charge in [0.2, 0.25) is 0 Å². The van der Waals surface area contributed by atoms with Crippen LogP contribution in [0.1, 0.15) is 28.4 Å². The molecule has 1 heterocycles. The number of pyridine rings is 1. The van der Waals surface area contributed by atoms with E-state index in [0.717, 1.165) is 16.9 Å². The molecule has 1 atom stereocenters. The summed E-state index contributed by atoms with van der Waals surface area (Å²) in [5.41, 5.74) is 2.60. The van der Waals surface area contributed by atoms with Gasteiger partial charge < -0.3 is 19.1 Å². The molecule has 162 valence electrons. The van der Waals surface area contributed by atoms with Crippen molar-refractivity contribution in [3.8, 4) is 11.5 Å². The molecule has 3 rings (SSSR count). The first-order chi connectivity index (χ1) is 15.1. The Kier molecular flexibility index (Phi) is 8.01. The summed E-state index contributed by atoms with van der Waals surface area (Å²) in [5, 5.41) is 0. The highest BCUT2D eigenvalue weighted by Gasteiger charge is 2.17. The molecule has 0 aliphatic rings. The minimum Gasteiger partial charge on any atom is -0.497 e. The smallest absolute Gasteiger partial charge is 0.254 e. The third kappa shape index (κ3) is 6.55. The third-order valence-corrected chi connectivity index (χ3v) is 4.76. The minimum absolute atomic E-state index is 0.0569. The van der Waals surface area contributed by atoms with Crippen LogP contribution in [0.5, 0.6) is 11.5 Å². The van der Waals surface area contributed by atoms with E-state index in [9.17, 15) is 4.79 Å². The van der Waals surface area contributed by atoms with E-state index in [0.29, 0.717) is 31.0 Å². The molecule has 3 aromatic rings. The van der Waals surface area contributed by atoms with Crippen LogP contribution in [-0.4, -0.2) is 42.7 Å². The Hall–Kier alpha value is -3.38. The maximum Gasteiger partial charge on any atom is 0.254 e. The first-order valence-corrected chi connectivity index (χ1v) is 10.2. The van der Waals surface area contributed by atoms with Crippen LogP contribution in [0.4, 0.5) is 0 Å². The van der Waals surface area contributed by atoms with Crippen molar-refractivity contribution in [2.24, 2.45) is 0 Å². The van der Waals surface area contributed by atoms with Gasteiger partial charge in [-0.25, -0.2) is 0 Å². The van der Waals surface area contributed by atoms with Crippen molar-refractivity contribution < 1.29 is 19.0 Å². The molecule has 6 heteroatoms. The molecule has 0 fully saturated rings. The summed E-state index contributed by atoms with van der Waals surface area (Å²) in [6.45, 7) is 3.38. The molecule has 0 radical (unpaired) electrons. The predicted molar refractivity (Wildman–Crippen MR) is 119 cm³/mol. The molecular formula is C25H28N2O4. The van der Waals surface area contributed by atoms with Crippen LogP contribution >= 0.6 is 0 Å². The Balaban J connectivity index is 1.81. The lowest BCUT2D eigenvalue weighted by molar-refractivity contribution is 0.0729. The molecule has 6 nitrogen and oxygen atoms in total. The summed E-state index contributed by atoms with van der Waals surface area (Å²) in [6, 6.07) is 18.8. The third-order valence-electron chi connectivity index (χ3n) is 4.76. The maximum atomic E-state index is 13.3. The number of amides is 1. The van der Waals surface area contributed by atoms with E-state index in [1.165, 1.54) is 0 Å². The Bertz CT molecular complexity index is 961. The second-order valence-electron chi connectivity index (χ2n) is 7.28. The Morgan fingerprint density at radius 1 is 0.935 bits per heavy atom. The number of nitrogens with zero attached hydrogens (tertiary/aromatic N) is 2. The predicted octanol–water partition coefficient (Wildman–Crippen LogP) is 4.35. The highest BCUT2D eigenvalue weighted by Crippen LogP contribution is 2.20. The van der Waals surface area contributed by atoms with Gasteiger partial charge in [0.1, 0.15) is 17.6 Å². The molecule has 1 amide bonds. The van der Waals surface area contributed by atoms with Gasteiger partial charge in [-0.15, -0.1) is 0 Å². The van der Waals surface area contributed by atoms with Gasteiger partial charge in [0.15, 0.2) is 0 Å². The highest BCUT2D eigenvalue weighted by molar-refractivity contribution is 5.94. The van der Waals surface area contributed by atoms with E-state index >= 15 is 0 Å². The fourth-order valence-electron chi connectivity index (χ4n) is 3.26. The summed E-state index contributed by atoms with van der Waals surface area (Å²) in [6.07, 6.45) is 3.41. The topological polar surface area (TPSA) is 60.9 Å². The molecule has 0 aliphatic heterocycles. The van der Waals surface area contributed by atoms with Crippen molar-refractivity contribution in [1.82, 2.24) is 9.88 Å². The van der Waals surface area contributed by atoms with Gasteiger partial charge in [-0.1, -0.05) is 12.1 Å². The van der Waals surface area contributed by atoms with Crippen LogP contribution in [0.2, 0.25) is 0 Å². The number of aromatic nitrogens is 1. The first kappa shape index (κ1) is 22.3. The second kappa shape index (κ2) is 11.1. The SMILES string of the molecule is COC[C@@H](C)Oc1cccc(CN(Cc2ccncc2)C(=O)c2ccc(OC)cc2)c1. The molecule has 0 unspecified atom stereocenters. The van der Waals surface area contributed by atoms with Crippen molar-refractivity contribution in [2.45, 2.75) is 26.1 Å². The summed E-state index contributed by atoms with van der Waals surface area (Å²) < 4.78 is 16.3. The molecule has 0 bridgehead atoms. The van der Waals surface area contributed by atoms with Crippen LogP contribution in [0.25, 0.3) is 0 Å². The monoisotopic (exact) mass is 420 g/mol. The Morgan fingerprint density at radius 3 is 2.32 bits per heavy atom. The van der Waals surface area contributed by atoms with Gasteiger partial charge in [0.25, 0.3) is 5.91 Å². The maximum absolute atomic E-state index is 13.3. The lowest BCUT2D eigenvalue weighted by Gasteiger charge is -2.24. The normalized spacial score (nSPS) is 11.6. The average Bonchev–Trinajstić information content (AvgIpc) is 2.79. The molecule has 0 saturated heterocycles. The van der Waals surface area contributed by atoms with Crippen molar-refractivity contribution in [3.05, 3.63) is 89.7 Å². The molecule has 0 aliphatic carbocycles. The van der Waals surface area contributed by atoms with Gasteiger partial charge in [0, 0.05) is 38.2 Å². The lowest BCUT2D eigenvalue weighted by atomic mass is 10.1. The molecule has 0 saturated carbocycles. The summed E-state index contributed by atoms with van der Waals surface area (Å²) in [4.78, 5) is 19.2. The summed E-state index contributed by atoms with van der Waals surface area (Å²) in [7, 11) is 3.26. The van der Waals surface area contributed by atoms with Crippen LogP contribution in [0.15, 0.2) is 73.1 Å². The average molecular weight is 421 g/mol. The zero-order chi connectivity index (χ0) is 22.1. The number of ether oxygens (including phenoxy) is 3. The van der Waals surface area contributed by atoms with Crippen LogP contribution in [0.3, 0.4) is 0 Å². The largest absolute Gasteiger partial charge is 0.497 e. The van der Waals surface area contributed by atoms with E-state index in [4.69, 9.17) is 14.2 Å². The Labute approximate surface area is 183 Å². The van der Waals surface area contributed by atoms with Crippen molar-refractivity contribution >= 4 is 5.91 Å². The Morgan fingerprint density at radius 2 is 1.65 bits per heavy atom. The molecule has 0 spiro atoms. The number of methoxy groups -OCH3 is 2. The van der Waals surface area contributed by atoms with Gasteiger partial charge >= 0.3 is 0 Å². The van der Waals surface area contributed by atoms with E-state index in [-0.39, 0.29) is 12.0 Å². The number of hydrogen-bond acceptors (Lipinski definition) is 5. The number of carbonyl (C=O) groups is 1. The van der Waals surface area contributed by atoms with Crippen molar-refractivity contribution in [1.29, 1.82) is 0 Å². The lowest BCUT2D eigenvalue weighted by Crippen LogP contribution is -2.30. The van der Waals surface area contributed by atoms with Gasteiger partial charge in [0.05, 0.1) is 13.7 Å². The van der Waals surface area contributed by atoms with E-state index in [1.807, 2.05) is 48.2 Å². The number of carbonyl (C=O) groups excluding carboxylic acids is 1.